The topological polar surface area (TPSA) is 70.3 Å². The molecule has 1 unspecified atom stereocenters. The van der Waals surface area contributed by atoms with Gasteiger partial charge in [0.1, 0.15) is 0 Å². The molecule has 5 heteroatoms. The van der Waals surface area contributed by atoms with E-state index >= 15 is 0 Å². The molecule has 0 aliphatic rings. The van der Waals surface area contributed by atoms with Crippen molar-refractivity contribution >= 4 is 0 Å². The molecule has 1 heterocycles. The van der Waals surface area contributed by atoms with E-state index in [0.29, 0.717) is 13.1 Å². The number of nitrogens with one attached hydrogen (secondary N) is 1. The van der Waals surface area contributed by atoms with Crippen LogP contribution < -0.4 is 5.32 Å². The van der Waals surface area contributed by atoms with Gasteiger partial charge in [-0.15, -0.1) is 0 Å². The zero-order valence-corrected chi connectivity index (χ0v) is 9.98. The number of aliphatic hydroxyl groups excluding tert-OH is 1. The molecule has 16 heavy (non-hydrogen) atoms. The van der Waals surface area contributed by atoms with Crippen molar-refractivity contribution in [3.8, 4) is 0 Å². The third-order valence-electron chi connectivity index (χ3n) is 2.39. The Kier molecular flexibility index (Phi) is 4.92. The summed E-state index contributed by atoms with van der Waals surface area (Å²) < 4.78 is 1.95. The molecule has 1 aromatic rings. The molecule has 0 spiro atoms. The SMILES string of the molecule is CCCn1nccc1CNCC(C)(O)CO. The van der Waals surface area contributed by atoms with E-state index in [9.17, 15) is 5.11 Å². The second-order valence-corrected chi connectivity index (χ2v) is 4.30. The highest BCUT2D eigenvalue weighted by Crippen LogP contribution is 2.02. The molecule has 0 aliphatic carbocycles. The summed E-state index contributed by atoms with van der Waals surface area (Å²) in [6.45, 7) is 5.38. The van der Waals surface area contributed by atoms with Crippen molar-refractivity contribution in [2.45, 2.75) is 39.0 Å². The lowest BCUT2D eigenvalue weighted by Gasteiger charge is -2.20. The minimum Gasteiger partial charge on any atom is -0.393 e. The molecular weight excluding hydrogens is 206 g/mol. The van der Waals surface area contributed by atoms with E-state index in [1.54, 1.807) is 13.1 Å². The minimum absolute atomic E-state index is 0.242. The molecule has 0 aliphatic heterocycles. The van der Waals surface area contributed by atoms with E-state index in [0.717, 1.165) is 18.7 Å². The molecule has 5 nitrogen and oxygen atoms in total. The lowest BCUT2D eigenvalue weighted by atomic mass is 10.1. The molecule has 0 radical (unpaired) electrons. The van der Waals surface area contributed by atoms with Crippen molar-refractivity contribution in [1.29, 1.82) is 0 Å². The highest BCUT2D eigenvalue weighted by molar-refractivity contribution is 5.00. The van der Waals surface area contributed by atoms with Crippen LogP contribution in [0.5, 0.6) is 0 Å². The zero-order valence-electron chi connectivity index (χ0n) is 9.98. The van der Waals surface area contributed by atoms with E-state index in [2.05, 4.69) is 17.3 Å². The molecule has 1 aromatic heterocycles. The first-order chi connectivity index (χ1) is 7.59. The fourth-order valence-corrected chi connectivity index (χ4v) is 1.44. The van der Waals surface area contributed by atoms with Crippen LogP contribution in [0.25, 0.3) is 0 Å². The fraction of sp³-hybridized carbons (Fsp3) is 0.727. The van der Waals surface area contributed by atoms with Gasteiger partial charge in [0.2, 0.25) is 0 Å². The van der Waals surface area contributed by atoms with Crippen LogP contribution in [0.3, 0.4) is 0 Å². The van der Waals surface area contributed by atoms with Gasteiger partial charge in [0.25, 0.3) is 0 Å². The van der Waals surface area contributed by atoms with Crippen molar-refractivity contribution in [1.82, 2.24) is 15.1 Å². The summed E-state index contributed by atoms with van der Waals surface area (Å²) in [5.74, 6) is 0. The van der Waals surface area contributed by atoms with Crippen LogP contribution in [-0.4, -0.2) is 38.7 Å². The summed E-state index contributed by atoms with van der Waals surface area (Å²) in [6.07, 6.45) is 2.82. The first kappa shape index (κ1) is 13.2. The summed E-state index contributed by atoms with van der Waals surface area (Å²) >= 11 is 0. The van der Waals surface area contributed by atoms with Gasteiger partial charge in [-0.25, -0.2) is 0 Å². The van der Waals surface area contributed by atoms with Gasteiger partial charge in [0.05, 0.1) is 17.9 Å². The fourth-order valence-electron chi connectivity index (χ4n) is 1.44. The number of hydrogen-bond donors (Lipinski definition) is 3. The van der Waals surface area contributed by atoms with Crippen LogP contribution in [-0.2, 0) is 13.1 Å². The van der Waals surface area contributed by atoms with Crippen molar-refractivity contribution in [2.75, 3.05) is 13.2 Å². The Morgan fingerprint density at radius 3 is 2.94 bits per heavy atom. The second-order valence-electron chi connectivity index (χ2n) is 4.30. The smallest absolute Gasteiger partial charge is 0.0972 e. The van der Waals surface area contributed by atoms with Crippen LogP contribution in [0.15, 0.2) is 12.3 Å². The second kappa shape index (κ2) is 5.98. The third kappa shape index (κ3) is 3.92. The highest BCUT2D eigenvalue weighted by Gasteiger charge is 2.18. The Balaban J connectivity index is 2.39. The standard InChI is InChI=1S/C11H21N3O2/c1-3-6-14-10(4-5-13-14)7-12-8-11(2,16)9-15/h4-5,12,15-16H,3,6-9H2,1-2H3. The maximum absolute atomic E-state index is 9.59. The Hall–Kier alpha value is -0.910. The number of aryl methyl sites for hydroxylation is 1. The van der Waals surface area contributed by atoms with Crippen molar-refractivity contribution in [2.24, 2.45) is 0 Å². The van der Waals surface area contributed by atoms with Gasteiger partial charge in [-0.1, -0.05) is 6.92 Å². The molecule has 0 saturated heterocycles. The Labute approximate surface area is 96.1 Å². The van der Waals surface area contributed by atoms with E-state index in [1.807, 2.05) is 10.7 Å². The summed E-state index contributed by atoms with van der Waals surface area (Å²) in [5.41, 5.74) is 0.0332. The average molecular weight is 227 g/mol. The molecule has 1 atom stereocenters. The number of nitrogens with zero attached hydrogens (tertiary/aromatic N) is 2. The molecule has 92 valence electrons. The largest absolute Gasteiger partial charge is 0.393 e. The van der Waals surface area contributed by atoms with E-state index in [-0.39, 0.29) is 6.61 Å². The van der Waals surface area contributed by atoms with Crippen molar-refractivity contribution in [3.05, 3.63) is 18.0 Å². The first-order valence-electron chi connectivity index (χ1n) is 5.63. The van der Waals surface area contributed by atoms with Crippen LogP contribution in [0.4, 0.5) is 0 Å². The Morgan fingerprint density at radius 1 is 1.56 bits per heavy atom. The van der Waals surface area contributed by atoms with Gasteiger partial charge in [0.15, 0.2) is 0 Å². The predicted octanol–water partition coefficient (Wildman–Crippen LogP) is 0.126. The summed E-state index contributed by atoms with van der Waals surface area (Å²) in [6, 6.07) is 1.95. The van der Waals surface area contributed by atoms with Crippen LogP contribution >= 0.6 is 0 Å². The average Bonchev–Trinajstić information content (AvgIpc) is 2.66. The quantitative estimate of drug-likeness (QED) is 0.619. The van der Waals surface area contributed by atoms with Crippen molar-refractivity contribution < 1.29 is 10.2 Å². The van der Waals surface area contributed by atoms with Gasteiger partial charge in [0, 0.05) is 25.8 Å². The van der Waals surface area contributed by atoms with Crippen LogP contribution in [0, 0.1) is 0 Å². The monoisotopic (exact) mass is 227 g/mol. The molecule has 0 amide bonds. The molecular formula is C11H21N3O2. The highest BCUT2D eigenvalue weighted by atomic mass is 16.3. The van der Waals surface area contributed by atoms with E-state index in [4.69, 9.17) is 5.11 Å². The lowest BCUT2D eigenvalue weighted by molar-refractivity contribution is 0.00242. The Bertz CT molecular complexity index is 310. The minimum atomic E-state index is -1.06. The first-order valence-corrected chi connectivity index (χ1v) is 5.63. The van der Waals surface area contributed by atoms with E-state index in [1.165, 1.54) is 0 Å². The zero-order chi connectivity index (χ0) is 12.0. The van der Waals surface area contributed by atoms with Crippen LogP contribution in [0.1, 0.15) is 26.0 Å². The maximum atomic E-state index is 9.59. The molecule has 0 saturated carbocycles. The molecule has 1 rings (SSSR count). The summed E-state index contributed by atoms with van der Waals surface area (Å²) in [5, 5.41) is 25.8. The Morgan fingerprint density at radius 2 is 2.31 bits per heavy atom. The third-order valence-corrected chi connectivity index (χ3v) is 2.39. The summed E-state index contributed by atoms with van der Waals surface area (Å²) in [4.78, 5) is 0. The van der Waals surface area contributed by atoms with Gasteiger partial charge in [-0.2, -0.15) is 5.10 Å². The number of rotatable bonds is 7. The predicted molar refractivity (Wildman–Crippen MR) is 61.9 cm³/mol. The number of aromatic nitrogens is 2. The van der Waals surface area contributed by atoms with Gasteiger partial charge in [-0.05, 0) is 19.4 Å². The normalized spacial score (nSPS) is 15.0. The number of hydrogen-bond acceptors (Lipinski definition) is 4. The molecule has 0 bridgehead atoms. The van der Waals surface area contributed by atoms with Crippen molar-refractivity contribution in [3.63, 3.8) is 0 Å². The van der Waals surface area contributed by atoms with Crippen LogP contribution in [0.2, 0.25) is 0 Å². The summed E-state index contributed by atoms with van der Waals surface area (Å²) in [7, 11) is 0. The lowest BCUT2D eigenvalue weighted by Crippen LogP contribution is -2.40. The maximum Gasteiger partial charge on any atom is 0.0972 e. The van der Waals surface area contributed by atoms with E-state index < -0.39 is 5.60 Å². The molecule has 0 aromatic carbocycles. The van der Waals surface area contributed by atoms with Gasteiger partial charge in [-0.3, -0.25) is 4.68 Å². The van der Waals surface area contributed by atoms with Gasteiger partial charge >= 0.3 is 0 Å². The van der Waals surface area contributed by atoms with Gasteiger partial charge < -0.3 is 15.5 Å². The molecule has 0 fully saturated rings. The number of aliphatic hydroxyl groups is 2. The molecule has 3 N–H and O–H groups in total.